The Labute approximate surface area is 330 Å². The quantitative estimate of drug-likeness (QED) is 0.0748. The molecule has 0 saturated carbocycles. The van der Waals surface area contributed by atoms with Crippen LogP contribution in [0.25, 0.3) is 0 Å². The molecule has 0 nitrogen and oxygen atoms in total. The van der Waals surface area contributed by atoms with Crippen molar-refractivity contribution in [3.8, 4) is 0 Å². The van der Waals surface area contributed by atoms with E-state index in [9.17, 15) is 0 Å². The van der Waals surface area contributed by atoms with Crippen LogP contribution in [0.15, 0.2) is 182 Å². The maximum absolute atomic E-state index is 4.04. The molecule has 0 atom stereocenters. The van der Waals surface area contributed by atoms with E-state index in [1.165, 1.54) is 50.3 Å². The van der Waals surface area contributed by atoms with Crippen LogP contribution in [-0.2, 0) is 0 Å². The van der Waals surface area contributed by atoms with Gasteiger partial charge in [0, 0.05) is 0 Å². The monoisotopic (exact) mass is 990 g/mol. The van der Waals surface area contributed by atoms with Crippen molar-refractivity contribution in [1.29, 1.82) is 0 Å². The van der Waals surface area contributed by atoms with Gasteiger partial charge in [-0.05, 0) is 0 Å². The molecule has 50 heavy (non-hydrogen) atoms. The van der Waals surface area contributed by atoms with Gasteiger partial charge in [0.25, 0.3) is 0 Å². The van der Waals surface area contributed by atoms with Crippen LogP contribution in [-0.4, -0.2) is 97.4 Å². The number of benzene rings is 6. The zero-order chi connectivity index (χ0) is 34.9. The van der Waals surface area contributed by atoms with Gasteiger partial charge in [-0.2, -0.15) is 0 Å². The van der Waals surface area contributed by atoms with Gasteiger partial charge >= 0.3 is 333 Å². The van der Waals surface area contributed by atoms with Crippen LogP contribution >= 0.6 is 22.0 Å². The van der Waals surface area contributed by atoms with Crippen molar-refractivity contribution in [2.75, 3.05) is 37.0 Å². The first-order chi connectivity index (χ1) is 24.3. The third-order valence-electron chi connectivity index (χ3n) is 9.51. The second-order valence-corrected chi connectivity index (χ2v) is 41.6. The number of hydrogen-bond donors (Lipinski definition) is 0. The fourth-order valence-electron chi connectivity index (χ4n) is 6.54. The zero-order valence-electron chi connectivity index (χ0n) is 28.0. The second-order valence-electron chi connectivity index (χ2n) is 12.6. The standard InChI is InChI=1S/C42H42P4Se4/c47-43(31-34-44(48,37-19-7-1-8-20-37)38-21-9-2-10-22-38,32-35-45(49,39-23-11-3-12-24-39)40-25-13-4-14-26-40)33-36-46(50,41-27-15-5-16-28-41)42-29-17-6-18-30-42/h1-30H,31-36H2. The summed E-state index contributed by atoms with van der Waals surface area (Å²) in [5.41, 5.74) is -6.82. The molecule has 0 unspecified atom stereocenters. The molecule has 0 bridgehead atoms. The van der Waals surface area contributed by atoms with Gasteiger partial charge in [-0.25, -0.2) is 0 Å². The summed E-state index contributed by atoms with van der Waals surface area (Å²) in [6, 6.07) is 67.6. The molecule has 0 aliphatic carbocycles. The van der Waals surface area contributed by atoms with E-state index < -0.39 is 22.0 Å². The predicted molar refractivity (Wildman–Crippen MR) is 236 cm³/mol. The summed E-state index contributed by atoms with van der Waals surface area (Å²) in [7, 11) is 0. The van der Waals surface area contributed by atoms with Gasteiger partial charge < -0.3 is 0 Å². The maximum atomic E-state index is 4.04. The second kappa shape index (κ2) is 18.0. The molecule has 0 amide bonds. The SMILES string of the molecule is [Se]=P(CCP(=[Se])(c1ccccc1)c1ccccc1)(CCP(=[Se])(c1ccccc1)c1ccccc1)CCP(=[Se])(c1ccccc1)c1ccccc1. The average Bonchev–Trinajstić information content (AvgIpc) is 3.20. The van der Waals surface area contributed by atoms with Gasteiger partial charge in [-0.1, -0.05) is 0 Å². The Morgan fingerprint density at radius 3 is 0.560 bits per heavy atom. The molecule has 0 spiro atoms. The molecule has 6 aromatic rings. The van der Waals surface area contributed by atoms with Crippen LogP contribution in [0.2, 0.25) is 0 Å². The molecule has 0 saturated heterocycles. The van der Waals surface area contributed by atoms with E-state index in [1.807, 2.05) is 0 Å². The van der Waals surface area contributed by atoms with E-state index in [-0.39, 0.29) is 0 Å². The Balaban J connectivity index is 1.39. The van der Waals surface area contributed by atoms with Crippen LogP contribution in [0.4, 0.5) is 0 Å². The molecule has 0 fully saturated rings. The van der Waals surface area contributed by atoms with Gasteiger partial charge in [0.2, 0.25) is 0 Å². The summed E-state index contributed by atoms with van der Waals surface area (Å²) in [6.45, 7) is 0. The van der Waals surface area contributed by atoms with Crippen LogP contribution in [0.3, 0.4) is 0 Å². The summed E-state index contributed by atoms with van der Waals surface area (Å²) in [5.74, 6) is 0. The van der Waals surface area contributed by atoms with Gasteiger partial charge in [0.1, 0.15) is 0 Å². The summed E-state index contributed by atoms with van der Waals surface area (Å²) < 4.78 is 0. The summed E-state index contributed by atoms with van der Waals surface area (Å²) >= 11 is 15.6. The van der Waals surface area contributed by atoms with Crippen molar-refractivity contribution in [3.63, 3.8) is 0 Å². The first-order valence-corrected chi connectivity index (χ1v) is 34.1. The van der Waals surface area contributed by atoms with Crippen LogP contribution < -0.4 is 31.8 Å². The van der Waals surface area contributed by atoms with Gasteiger partial charge in [-0.15, -0.1) is 0 Å². The Morgan fingerprint density at radius 1 is 0.240 bits per heavy atom. The van der Waals surface area contributed by atoms with E-state index in [1.54, 1.807) is 0 Å². The van der Waals surface area contributed by atoms with E-state index in [0.29, 0.717) is 0 Å². The minimum absolute atomic E-state index is 1.16. The van der Waals surface area contributed by atoms with E-state index in [4.69, 9.17) is 0 Å². The summed E-state index contributed by atoms with van der Waals surface area (Å²) in [4.78, 5) is 0. The molecule has 0 aliphatic heterocycles. The molecule has 0 radical (unpaired) electrons. The predicted octanol–water partition coefficient (Wildman–Crippen LogP) is 7.34. The Bertz CT molecular complexity index is 1780. The third-order valence-corrected chi connectivity index (χ3v) is 37.9. The van der Waals surface area contributed by atoms with Crippen molar-refractivity contribution in [2.45, 2.75) is 0 Å². The van der Waals surface area contributed by atoms with E-state index in [2.05, 4.69) is 242 Å². The third kappa shape index (κ3) is 9.24. The molecular formula is C42H42P4Se4. The molecule has 6 rings (SSSR count). The Hall–Kier alpha value is -0.882. The van der Waals surface area contributed by atoms with Gasteiger partial charge in [0.15, 0.2) is 0 Å². The van der Waals surface area contributed by atoms with Gasteiger partial charge in [0.05, 0.1) is 0 Å². The van der Waals surface area contributed by atoms with Crippen molar-refractivity contribution in [1.82, 2.24) is 0 Å². The fourth-order valence-corrected chi connectivity index (χ4v) is 35.2. The average molecular weight is 987 g/mol. The van der Waals surface area contributed by atoms with E-state index >= 15 is 0 Å². The topological polar surface area (TPSA) is 0 Å². The molecule has 254 valence electrons. The summed E-state index contributed by atoms with van der Waals surface area (Å²) in [5, 5.41) is 8.73. The first-order valence-electron chi connectivity index (χ1n) is 16.9. The fraction of sp³-hybridized carbons (Fsp3) is 0.143. The number of hydrogen-bond acceptors (Lipinski definition) is 0. The number of rotatable bonds is 15. The van der Waals surface area contributed by atoms with Crippen LogP contribution in [0.1, 0.15) is 0 Å². The first kappa shape index (κ1) is 38.8. The Kier molecular flexibility index (Phi) is 13.9. The van der Waals surface area contributed by atoms with Crippen molar-refractivity contribution in [2.24, 2.45) is 0 Å². The van der Waals surface area contributed by atoms with Crippen molar-refractivity contribution in [3.05, 3.63) is 182 Å². The molecule has 0 aliphatic rings. The molecule has 0 N–H and O–H groups in total. The van der Waals surface area contributed by atoms with Crippen molar-refractivity contribution >= 4 is 114 Å². The van der Waals surface area contributed by atoms with Gasteiger partial charge in [-0.3, -0.25) is 0 Å². The molecule has 6 aromatic carbocycles. The zero-order valence-corrected chi connectivity index (χ0v) is 38.4. The van der Waals surface area contributed by atoms with Crippen LogP contribution in [0.5, 0.6) is 0 Å². The van der Waals surface area contributed by atoms with Crippen molar-refractivity contribution < 1.29 is 0 Å². The van der Waals surface area contributed by atoms with Crippen LogP contribution in [0, 0.1) is 0 Å². The molecule has 0 heterocycles. The molecule has 8 heteroatoms. The molecule has 0 aromatic heterocycles. The van der Waals surface area contributed by atoms with E-state index in [0.717, 1.165) is 18.5 Å². The minimum atomic E-state index is -1.75. The normalized spacial score (nSPS) is 12.4. The molecular weight excluding hydrogens is 944 g/mol. The summed E-state index contributed by atoms with van der Waals surface area (Å²) in [6.07, 6.45) is 7.12. The Morgan fingerprint density at radius 2 is 0.400 bits per heavy atom.